The number of rotatable bonds is 3. The minimum absolute atomic E-state index is 0.0536. The quantitative estimate of drug-likeness (QED) is 0.564. The lowest BCUT2D eigenvalue weighted by atomic mass is 10.1. The highest BCUT2D eigenvalue weighted by Gasteiger charge is 2.35. The first-order chi connectivity index (χ1) is 12.5. The second kappa shape index (κ2) is 6.85. The summed E-state index contributed by atoms with van der Waals surface area (Å²) in [5, 5.41) is 4.08. The summed E-state index contributed by atoms with van der Waals surface area (Å²) in [6.45, 7) is 0. The molecular weight excluding hydrogens is 424 g/mol. The van der Waals surface area contributed by atoms with Gasteiger partial charge in [-0.25, -0.2) is 13.1 Å². The number of nitrogens with zero attached hydrogens (tertiary/aromatic N) is 2. The van der Waals surface area contributed by atoms with Crippen molar-refractivity contribution in [3.8, 4) is 16.9 Å². The maximum Gasteiger partial charge on any atom is 0.435 e. The van der Waals surface area contributed by atoms with Crippen LogP contribution in [0.1, 0.15) is 5.69 Å². The summed E-state index contributed by atoms with van der Waals surface area (Å²) < 4.78 is 63.8. The van der Waals surface area contributed by atoms with Crippen molar-refractivity contribution in [2.24, 2.45) is 0 Å². The SMILES string of the molecule is CS(=O)(=O)c1ccc(-c2cc(C(F)(F)F)nn2-c2ccc(Cl)cc2Cl)cc1. The van der Waals surface area contributed by atoms with Crippen molar-refractivity contribution in [2.45, 2.75) is 11.1 Å². The molecule has 10 heteroatoms. The Hall–Kier alpha value is -2.03. The van der Waals surface area contributed by atoms with Crippen LogP contribution >= 0.6 is 23.2 Å². The van der Waals surface area contributed by atoms with Gasteiger partial charge in [0.05, 0.1) is 21.3 Å². The average molecular weight is 435 g/mol. The van der Waals surface area contributed by atoms with E-state index in [1.165, 1.54) is 42.5 Å². The molecule has 0 aliphatic heterocycles. The lowest BCUT2D eigenvalue weighted by Gasteiger charge is -2.10. The van der Waals surface area contributed by atoms with E-state index in [1.54, 1.807) is 0 Å². The van der Waals surface area contributed by atoms with Crippen LogP contribution in [-0.2, 0) is 16.0 Å². The molecule has 2 aromatic carbocycles. The predicted molar refractivity (Wildman–Crippen MR) is 97.1 cm³/mol. The molecule has 27 heavy (non-hydrogen) atoms. The summed E-state index contributed by atoms with van der Waals surface area (Å²) in [6, 6.07) is 10.7. The van der Waals surface area contributed by atoms with Gasteiger partial charge in [0.15, 0.2) is 15.5 Å². The van der Waals surface area contributed by atoms with E-state index in [0.29, 0.717) is 10.6 Å². The summed E-state index contributed by atoms with van der Waals surface area (Å²) in [4.78, 5) is 0.0536. The Labute approximate surface area is 163 Å². The van der Waals surface area contributed by atoms with Crippen LogP contribution in [0.25, 0.3) is 16.9 Å². The van der Waals surface area contributed by atoms with E-state index in [2.05, 4.69) is 5.10 Å². The van der Waals surface area contributed by atoms with Gasteiger partial charge in [-0.3, -0.25) is 0 Å². The lowest BCUT2D eigenvalue weighted by molar-refractivity contribution is -0.141. The van der Waals surface area contributed by atoms with Gasteiger partial charge in [-0.05, 0) is 36.4 Å². The number of aromatic nitrogens is 2. The highest BCUT2D eigenvalue weighted by molar-refractivity contribution is 7.90. The summed E-state index contributed by atoms with van der Waals surface area (Å²) >= 11 is 12.0. The van der Waals surface area contributed by atoms with Crippen LogP contribution in [0.3, 0.4) is 0 Å². The highest BCUT2D eigenvalue weighted by atomic mass is 35.5. The third-order valence-electron chi connectivity index (χ3n) is 3.72. The molecule has 0 N–H and O–H groups in total. The van der Waals surface area contributed by atoms with Crippen molar-refractivity contribution in [1.82, 2.24) is 9.78 Å². The Balaban J connectivity index is 2.21. The van der Waals surface area contributed by atoms with E-state index in [9.17, 15) is 21.6 Å². The molecule has 0 aliphatic rings. The van der Waals surface area contributed by atoms with Gasteiger partial charge in [0.1, 0.15) is 0 Å². The van der Waals surface area contributed by atoms with E-state index in [4.69, 9.17) is 23.2 Å². The molecule has 0 unspecified atom stereocenters. The zero-order valence-corrected chi connectivity index (χ0v) is 16.0. The number of benzene rings is 2. The fourth-order valence-corrected chi connectivity index (χ4v) is 3.55. The molecule has 0 spiro atoms. The first-order valence-corrected chi connectivity index (χ1v) is 10.0. The molecule has 0 amide bonds. The topological polar surface area (TPSA) is 52.0 Å². The number of alkyl halides is 3. The largest absolute Gasteiger partial charge is 0.435 e. The van der Waals surface area contributed by atoms with Crippen LogP contribution in [0.2, 0.25) is 10.0 Å². The summed E-state index contributed by atoms with van der Waals surface area (Å²) in [7, 11) is -3.43. The van der Waals surface area contributed by atoms with Crippen molar-refractivity contribution >= 4 is 33.0 Å². The van der Waals surface area contributed by atoms with Crippen molar-refractivity contribution < 1.29 is 21.6 Å². The Morgan fingerprint density at radius 2 is 1.63 bits per heavy atom. The molecule has 0 fully saturated rings. The maximum absolute atomic E-state index is 13.2. The maximum atomic E-state index is 13.2. The van der Waals surface area contributed by atoms with Gasteiger partial charge in [0.25, 0.3) is 0 Å². The van der Waals surface area contributed by atoms with E-state index in [0.717, 1.165) is 17.0 Å². The van der Waals surface area contributed by atoms with Crippen LogP contribution < -0.4 is 0 Å². The van der Waals surface area contributed by atoms with Crippen LogP contribution in [0.5, 0.6) is 0 Å². The molecule has 0 radical (unpaired) electrons. The molecule has 4 nitrogen and oxygen atoms in total. The Kier molecular flexibility index (Phi) is 5.00. The van der Waals surface area contributed by atoms with Gasteiger partial charge < -0.3 is 0 Å². The summed E-state index contributed by atoms with van der Waals surface area (Å²) in [5.41, 5.74) is -0.447. The van der Waals surface area contributed by atoms with Crippen LogP contribution in [0, 0.1) is 0 Å². The van der Waals surface area contributed by atoms with Crippen molar-refractivity contribution in [3.63, 3.8) is 0 Å². The number of hydrogen-bond donors (Lipinski definition) is 0. The fraction of sp³-hybridized carbons (Fsp3) is 0.118. The van der Waals surface area contributed by atoms with Crippen LogP contribution in [0.4, 0.5) is 13.2 Å². The molecule has 0 atom stereocenters. The standard InChI is InChI=1S/C17H11Cl2F3N2O2S/c1-27(25,26)12-5-2-10(3-6-12)15-9-16(17(20,21)22)23-24(15)14-7-4-11(18)8-13(14)19/h2-9H,1H3. The second-order valence-electron chi connectivity index (χ2n) is 5.72. The molecular formula is C17H11Cl2F3N2O2S. The van der Waals surface area contributed by atoms with Gasteiger partial charge in [-0.2, -0.15) is 18.3 Å². The van der Waals surface area contributed by atoms with Crippen molar-refractivity contribution in [2.75, 3.05) is 6.26 Å². The molecule has 0 saturated heterocycles. The first-order valence-electron chi connectivity index (χ1n) is 7.40. The normalized spacial score (nSPS) is 12.4. The van der Waals surface area contributed by atoms with Gasteiger partial charge in [-0.1, -0.05) is 35.3 Å². The minimum Gasteiger partial charge on any atom is -0.231 e. The van der Waals surface area contributed by atoms with E-state index in [-0.39, 0.29) is 21.3 Å². The van der Waals surface area contributed by atoms with Gasteiger partial charge >= 0.3 is 6.18 Å². The fourth-order valence-electron chi connectivity index (χ4n) is 2.43. The molecule has 1 aromatic heterocycles. The Bertz CT molecular complexity index is 1110. The predicted octanol–water partition coefficient (Wildman–Crippen LogP) is 5.27. The molecule has 0 bridgehead atoms. The molecule has 3 rings (SSSR count). The van der Waals surface area contributed by atoms with Gasteiger partial charge in [-0.15, -0.1) is 0 Å². The Morgan fingerprint density at radius 1 is 1.00 bits per heavy atom. The second-order valence-corrected chi connectivity index (χ2v) is 8.58. The number of sulfone groups is 1. The molecule has 142 valence electrons. The number of halogens is 5. The smallest absolute Gasteiger partial charge is 0.231 e. The van der Waals surface area contributed by atoms with E-state index < -0.39 is 21.7 Å². The first kappa shape index (κ1) is 19.7. The third kappa shape index (κ3) is 4.12. The van der Waals surface area contributed by atoms with Crippen molar-refractivity contribution in [3.05, 3.63) is 64.3 Å². The van der Waals surface area contributed by atoms with E-state index in [1.807, 2.05) is 0 Å². The minimum atomic E-state index is -4.66. The molecule has 0 saturated carbocycles. The molecule has 0 aliphatic carbocycles. The van der Waals surface area contributed by atoms with Gasteiger partial charge in [0.2, 0.25) is 0 Å². The third-order valence-corrected chi connectivity index (χ3v) is 5.38. The average Bonchev–Trinajstić information content (AvgIpc) is 2.99. The van der Waals surface area contributed by atoms with Gasteiger partial charge in [0, 0.05) is 16.8 Å². The molecule has 1 heterocycles. The lowest BCUT2D eigenvalue weighted by Crippen LogP contribution is -2.07. The Morgan fingerprint density at radius 3 is 2.15 bits per heavy atom. The summed E-state index contributed by atoms with van der Waals surface area (Å²) in [6.07, 6.45) is -3.62. The van der Waals surface area contributed by atoms with Crippen LogP contribution in [-0.4, -0.2) is 24.5 Å². The van der Waals surface area contributed by atoms with Crippen LogP contribution in [0.15, 0.2) is 53.4 Å². The van der Waals surface area contributed by atoms with E-state index >= 15 is 0 Å². The monoisotopic (exact) mass is 434 g/mol. The zero-order chi connectivity index (χ0) is 20.0. The zero-order valence-electron chi connectivity index (χ0n) is 13.6. The molecule has 3 aromatic rings. The summed E-state index contributed by atoms with van der Waals surface area (Å²) in [5.74, 6) is 0. The van der Waals surface area contributed by atoms with Crippen molar-refractivity contribution in [1.29, 1.82) is 0 Å². The highest BCUT2D eigenvalue weighted by Crippen LogP contribution is 2.35. The number of hydrogen-bond acceptors (Lipinski definition) is 3.